The number of hydrogen-bond acceptors (Lipinski definition) is 5. The average molecular weight is 340 g/mol. The number of carbonyl (C=O) groups excluding carboxylic acids is 2. The number of anilines is 1. The smallest absolute Gasteiger partial charge is 0.266 e. The molecule has 1 heterocycles. The van der Waals surface area contributed by atoms with Crippen molar-refractivity contribution in [2.75, 3.05) is 19.4 Å². The molecule has 0 saturated heterocycles. The van der Waals surface area contributed by atoms with E-state index in [4.69, 9.17) is 0 Å². The molecule has 7 heteroatoms. The highest BCUT2D eigenvalue weighted by molar-refractivity contribution is 7.10. The molecule has 122 valence electrons. The normalized spacial score (nSPS) is 10.8. The number of aryl methyl sites for hydroxylation is 1. The summed E-state index contributed by atoms with van der Waals surface area (Å²) in [5.74, 6) is -0.622. The predicted octanol–water partition coefficient (Wildman–Crippen LogP) is 2.70. The van der Waals surface area contributed by atoms with E-state index in [-0.39, 0.29) is 11.5 Å². The Labute approximate surface area is 144 Å². The summed E-state index contributed by atoms with van der Waals surface area (Å²) >= 11 is 1.36. The van der Waals surface area contributed by atoms with Crippen LogP contribution in [-0.2, 0) is 4.79 Å². The van der Waals surface area contributed by atoms with Gasteiger partial charge in [0.2, 0.25) is 0 Å². The van der Waals surface area contributed by atoms with Gasteiger partial charge in [0.05, 0.1) is 16.1 Å². The Bertz CT molecular complexity index is 829. The lowest BCUT2D eigenvalue weighted by atomic mass is 10.1. The van der Waals surface area contributed by atoms with E-state index >= 15 is 0 Å². The first kappa shape index (κ1) is 17.4. The highest BCUT2D eigenvalue weighted by Gasteiger charge is 2.12. The van der Waals surface area contributed by atoms with E-state index in [0.29, 0.717) is 11.3 Å². The van der Waals surface area contributed by atoms with Crippen LogP contribution >= 0.6 is 11.3 Å². The lowest BCUT2D eigenvalue weighted by Crippen LogP contribution is -2.21. The van der Waals surface area contributed by atoms with Crippen LogP contribution in [0.3, 0.4) is 0 Å². The van der Waals surface area contributed by atoms with Crippen LogP contribution in [0.15, 0.2) is 35.3 Å². The standard InChI is InChI=1S/C17H16N4O2S/c1-11-15(24-10-19-11)8-13(9-18)16(22)20-14-6-4-12(5-7-14)17(23)21(2)3/h4-8,10H,1-3H3,(H,20,22). The van der Waals surface area contributed by atoms with Crippen molar-refractivity contribution in [2.45, 2.75) is 6.92 Å². The Morgan fingerprint density at radius 2 is 1.96 bits per heavy atom. The maximum atomic E-state index is 12.2. The number of amides is 2. The number of nitrogens with zero attached hydrogens (tertiary/aromatic N) is 3. The van der Waals surface area contributed by atoms with Gasteiger partial charge in [-0.05, 0) is 37.3 Å². The zero-order chi connectivity index (χ0) is 17.7. The first-order valence-electron chi connectivity index (χ1n) is 7.07. The van der Waals surface area contributed by atoms with Gasteiger partial charge in [0.25, 0.3) is 11.8 Å². The number of benzene rings is 1. The molecule has 2 rings (SSSR count). The summed E-state index contributed by atoms with van der Waals surface area (Å²) < 4.78 is 0. The fraction of sp³-hybridized carbons (Fsp3) is 0.176. The zero-order valence-corrected chi connectivity index (χ0v) is 14.3. The molecule has 0 saturated carbocycles. The zero-order valence-electron chi connectivity index (χ0n) is 13.5. The van der Waals surface area contributed by atoms with Crippen LogP contribution in [0.25, 0.3) is 6.08 Å². The van der Waals surface area contributed by atoms with Gasteiger partial charge in [0, 0.05) is 25.3 Å². The third-order valence-electron chi connectivity index (χ3n) is 3.22. The quantitative estimate of drug-likeness (QED) is 0.685. The minimum atomic E-state index is -0.503. The van der Waals surface area contributed by atoms with E-state index in [0.717, 1.165) is 10.6 Å². The van der Waals surface area contributed by atoms with Crippen LogP contribution in [0.4, 0.5) is 5.69 Å². The molecule has 0 radical (unpaired) electrons. The molecule has 6 nitrogen and oxygen atoms in total. The summed E-state index contributed by atoms with van der Waals surface area (Å²) in [6.45, 7) is 1.82. The van der Waals surface area contributed by atoms with Gasteiger partial charge in [-0.2, -0.15) is 5.26 Å². The number of hydrogen-bond donors (Lipinski definition) is 1. The Morgan fingerprint density at radius 1 is 1.29 bits per heavy atom. The van der Waals surface area contributed by atoms with E-state index in [1.807, 2.05) is 13.0 Å². The van der Waals surface area contributed by atoms with Gasteiger partial charge < -0.3 is 10.2 Å². The summed E-state index contributed by atoms with van der Waals surface area (Å²) in [6.07, 6.45) is 1.52. The van der Waals surface area contributed by atoms with E-state index in [1.165, 1.54) is 22.3 Å². The van der Waals surface area contributed by atoms with Crippen molar-refractivity contribution in [3.05, 3.63) is 51.5 Å². The van der Waals surface area contributed by atoms with Gasteiger partial charge in [-0.3, -0.25) is 9.59 Å². The third-order valence-corrected chi connectivity index (χ3v) is 4.10. The predicted molar refractivity (Wildman–Crippen MR) is 93.5 cm³/mol. The van der Waals surface area contributed by atoms with Crippen molar-refractivity contribution in [1.82, 2.24) is 9.88 Å². The molecule has 1 aromatic carbocycles. The molecule has 0 fully saturated rings. The van der Waals surface area contributed by atoms with Gasteiger partial charge in [-0.15, -0.1) is 11.3 Å². The van der Waals surface area contributed by atoms with Crippen molar-refractivity contribution in [2.24, 2.45) is 0 Å². The minimum absolute atomic E-state index is 0.00389. The second-order valence-electron chi connectivity index (χ2n) is 5.20. The molecule has 0 aliphatic rings. The van der Waals surface area contributed by atoms with E-state index in [9.17, 15) is 14.9 Å². The topological polar surface area (TPSA) is 86.1 Å². The van der Waals surface area contributed by atoms with Crippen LogP contribution in [0.2, 0.25) is 0 Å². The minimum Gasteiger partial charge on any atom is -0.345 e. The summed E-state index contributed by atoms with van der Waals surface area (Å²) in [6, 6.07) is 8.40. The van der Waals surface area contributed by atoms with Crippen LogP contribution in [0, 0.1) is 18.3 Å². The molecule has 0 aliphatic heterocycles. The van der Waals surface area contributed by atoms with Crippen molar-refractivity contribution >= 4 is 34.9 Å². The molecular weight excluding hydrogens is 324 g/mol. The van der Waals surface area contributed by atoms with Gasteiger partial charge in [-0.1, -0.05) is 0 Å². The van der Waals surface area contributed by atoms with Crippen molar-refractivity contribution in [1.29, 1.82) is 5.26 Å². The Kier molecular flexibility index (Phi) is 5.45. The van der Waals surface area contributed by atoms with Crippen LogP contribution in [0.1, 0.15) is 20.9 Å². The lowest BCUT2D eigenvalue weighted by molar-refractivity contribution is -0.112. The second kappa shape index (κ2) is 7.53. The Balaban J connectivity index is 2.14. The monoisotopic (exact) mass is 340 g/mol. The van der Waals surface area contributed by atoms with Crippen LogP contribution in [-0.4, -0.2) is 35.8 Å². The maximum Gasteiger partial charge on any atom is 0.266 e. The SMILES string of the molecule is Cc1ncsc1C=C(C#N)C(=O)Nc1ccc(C(=O)N(C)C)cc1. The number of carbonyl (C=O) groups is 2. The maximum absolute atomic E-state index is 12.2. The molecule has 24 heavy (non-hydrogen) atoms. The number of aromatic nitrogens is 1. The second-order valence-corrected chi connectivity index (χ2v) is 6.09. The van der Waals surface area contributed by atoms with Gasteiger partial charge in [0.1, 0.15) is 11.6 Å². The fourth-order valence-corrected chi connectivity index (χ4v) is 2.62. The summed E-state index contributed by atoms with van der Waals surface area (Å²) in [4.78, 5) is 30.4. The molecule has 0 atom stereocenters. The van der Waals surface area contributed by atoms with Crippen LogP contribution < -0.4 is 5.32 Å². The number of rotatable bonds is 4. The van der Waals surface area contributed by atoms with E-state index in [2.05, 4.69) is 10.3 Å². The molecule has 0 unspecified atom stereocenters. The molecule has 1 aromatic heterocycles. The lowest BCUT2D eigenvalue weighted by Gasteiger charge is -2.10. The molecule has 2 amide bonds. The molecule has 0 bridgehead atoms. The molecule has 0 spiro atoms. The largest absolute Gasteiger partial charge is 0.345 e. The fourth-order valence-electron chi connectivity index (χ4n) is 1.88. The summed E-state index contributed by atoms with van der Waals surface area (Å²) in [5.41, 5.74) is 3.46. The molecular formula is C17H16N4O2S. The summed E-state index contributed by atoms with van der Waals surface area (Å²) in [7, 11) is 3.34. The third kappa shape index (κ3) is 4.06. The highest BCUT2D eigenvalue weighted by atomic mass is 32.1. The van der Waals surface area contributed by atoms with Gasteiger partial charge in [-0.25, -0.2) is 4.98 Å². The van der Waals surface area contributed by atoms with Gasteiger partial charge >= 0.3 is 0 Å². The molecule has 1 N–H and O–H groups in total. The Hall–Kier alpha value is -2.98. The van der Waals surface area contributed by atoms with Crippen molar-refractivity contribution in [3.8, 4) is 6.07 Å². The number of nitrogens with one attached hydrogen (secondary N) is 1. The molecule has 0 aliphatic carbocycles. The van der Waals surface area contributed by atoms with E-state index < -0.39 is 5.91 Å². The van der Waals surface area contributed by atoms with E-state index in [1.54, 1.807) is 43.9 Å². The first-order valence-corrected chi connectivity index (χ1v) is 7.95. The van der Waals surface area contributed by atoms with Crippen molar-refractivity contribution < 1.29 is 9.59 Å². The Morgan fingerprint density at radius 3 is 2.46 bits per heavy atom. The number of nitriles is 1. The molecule has 2 aromatic rings. The average Bonchev–Trinajstić information content (AvgIpc) is 2.97. The summed E-state index contributed by atoms with van der Waals surface area (Å²) in [5, 5.41) is 11.8. The van der Waals surface area contributed by atoms with Gasteiger partial charge in [0.15, 0.2) is 0 Å². The van der Waals surface area contributed by atoms with Crippen molar-refractivity contribution in [3.63, 3.8) is 0 Å². The first-order chi connectivity index (χ1) is 11.4. The number of thiazole rings is 1. The highest BCUT2D eigenvalue weighted by Crippen LogP contribution is 2.18. The van der Waals surface area contributed by atoms with Crippen LogP contribution in [0.5, 0.6) is 0 Å².